The van der Waals surface area contributed by atoms with Crippen LogP contribution in [0, 0.1) is 0 Å². The molecule has 1 atom stereocenters. The second-order valence-corrected chi connectivity index (χ2v) is 10.6. The van der Waals surface area contributed by atoms with E-state index < -0.39 is 18.0 Å². The summed E-state index contributed by atoms with van der Waals surface area (Å²) in [6, 6.07) is 13.5. The van der Waals surface area contributed by atoms with Gasteiger partial charge in [-0.25, -0.2) is 14.3 Å². The van der Waals surface area contributed by atoms with Crippen molar-refractivity contribution >= 4 is 41.2 Å². The zero-order valence-corrected chi connectivity index (χ0v) is 21.9. The van der Waals surface area contributed by atoms with Crippen molar-refractivity contribution < 1.29 is 19.4 Å². The molecular formula is C27H27ClN4O4S. The van der Waals surface area contributed by atoms with Crippen LogP contribution < -0.4 is 5.32 Å². The number of anilines is 1. The molecule has 192 valence electrons. The molecule has 2 aliphatic rings. The van der Waals surface area contributed by atoms with Gasteiger partial charge in [0, 0.05) is 16.5 Å². The number of fused-ring (bicyclic) bond motifs is 1. The third-order valence-corrected chi connectivity index (χ3v) is 7.92. The molecule has 8 nitrogen and oxygen atoms in total. The zero-order valence-electron chi connectivity index (χ0n) is 20.3. The minimum atomic E-state index is -1.01. The van der Waals surface area contributed by atoms with E-state index in [1.165, 1.54) is 23.9 Å². The highest BCUT2D eigenvalue weighted by Crippen LogP contribution is 2.38. The van der Waals surface area contributed by atoms with Gasteiger partial charge in [0.15, 0.2) is 0 Å². The van der Waals surface area contributed by atoms with Gasteiger partial charge in [0.2, 0.25) is 11.1 Å². The van der Waals surface area contributed by atoms with E-state index >= 15 is 0 Å². The third-order valence-electron chi connectivity index (χ3n) is 6.67. The summed E-state index contributed by atoms with van der Waals surface area (Å²) in [7, 11) is 0. The van der Waals surface area contributed by atoms with Gasteiger partial charge < -0.3 is 15.2 Å². The number of halogens is 1. The first-order chi connectivity index (χ1) is 17.9. The van der Waals surface area contributed by atoms with Crippen molar-refractivity contribution in [2.45, 2.75) is 62.1 Å². The summed E-state index contributed by atoms with van der Waals surface area (Å²) in [6.45, 7) is 1.82. The maximum atomic E-state index is 13.5. The predicted octanol–water partition coefficient (Wildman–Crippen LogP) is 6.09. The molecule has 37 heavy (non-hydrogen) atoms. The number of allylic oxidation sites excluding steroid dienone is 1. The van der Waals surface area contributed by atoms with E-state index in [0.29, 0.717) is 33.2 Å². The van der Waals surface area contributed by atoms with Crippen LogP contribution in [0.15, 0.2) is 65.0 Å². The minimum Gasteiger partial charge on any atom is -0.478 e. The van der Waals surface area contributed by atoms with Crippen molar-refractivity contribution in [3.63, 3.8) is 0 Å². The van der Waals surface area contributed by atoms with E-state index in [0.717, 1.165) is 43.2 Å². The van der Waals surface area contributed by atoms with Crippen molar-refractivity contribution in [2.75, 3.05) is 5.32 Å². The number of hydrogen-bond donors (Lipinski definition) is 2. The van der Waals surface area contributed by atoms with Crippen LogP contribution in [0.2, 0.25) is 5.02 Å². The number of rotatable bonds is 7. The van der Waals surface area contributed by atoms with Gasteiger partial charge in [-0.2, -0.15) is 4.98 Å². The Kier molecular flexibility index (Phi) is 7.53. The van der Waals surface area contributed by atoms with Crippen molar-refractivity contribution in [1.29, 1.82) is 0 Å². The summed E-state index contributed by atoms with van der Waals surface area (Å²) >= 11 is 7.76. The van der Waals surface area contributed by atoms with Crippen molar-refractivity contribution in [3.8, 4) is 0 Å². The first-order valence-electron chi connectivity index (χ1n) is 12.3. The average Bonchev–Trinajstić information content (AvgIpc) is 3.30. The lowest BCUT2D eigenvalue weighted by atomic mass is 9.94. The standard InChI is InChI=1S/C27H27ClN4O4S/c1-16-22(25(35)36-20-8-3-2-4-9-20)23(17-11-13-18(14-12-17)24(33)34)32-26(29-16)30-27(31-32)37-15-19-7-5-6-10-21(19)28/h5-7,10-14,20,23H,2-4,8-9,15H2,1H3,(H,33,34)(H,29,30,31). The van der Waals surface area contributed by atoms with Gasteiger partial charge >= 0.3 is 11.9 Å². The van der Waals surface area contributed by atoms with Crippen LogP contribution in [0.3, 0.4) is 0 Å². The molecule has 5 rings (SSSR count). The number of nitrogens with zero attached hydrogens (tertiary/aromatic N) is 3. The van der Waals surface area contributed by atoms with E-state index in [4.69, 9.17) is 21.4 Å². The van der Waals surface area contributed by atoms with Crippen LogP contribution in [-0.4, -0.2) is 37.9 Å². The molecule has 2 aromatic carbocycles. The fraction of sp³-hybridized carbons (Fsp3) is 0.333. The molecule has 1 aliphatic carbocycles. The molecule has 3 aromatic rings. The number of carbonyl (C=O) groups is 2. The fourth-order valence-electron chi connectivity index (χ4n) is 4.73. The first kappa shape index (κ1) is 25.4. The molecule has 1 unspecified atom stereocenters. The maximum absolute atomic E-state index is 13.5. The van der Waals surface area contributed by atoms with Gasteiger partial charge in [-0.1, -0.05) is 60.1 Å². The number of hydrogen-bond acceptors (Lipinski definition) is 7. The number of benzene rings is 2. The highest BCUT2D eigenvalue weighted by atomic mass is 35.5. The average molecular weight is 539 g/mol. The largest absolute Gasteiger partial charge is 0.478 e. The van der Waals surface area contributed by atoms with E-state index in [1.54, 1.807) is 16.8 Å². The number of esters is 1. The summed E-state index contributed by atoms with van der Waals surface area (Å²) in [5.41, 5.74) is 2.93. The lowest BCUT2D eigenvalue weighted by Crippen LogP contribution is -2.32. The van der Waals surface area contributed by atoms with E-state index in [-0.39, 0.29) is 11.7 Å². The molecule has 0 saturated heterocycles. The maximum Gasteiger partial charge on any atom is 0.338 e. The monoisotopic (exact) mass is 538 g/mol. The lowest BCUT2D eigenvalue weighted by Gasteiger charge is -2.30. The number of ether oxygens (including phenoxy) is 1. The van der Waals surface area contributed by atoms with E-state index in [1.807, 2.05) is 31.2 Å². The number of carboxylic acid groups (broad SMARTS) is 1. The van der Waals surface area contributed by atoms with Crippen molar-refractivity contribution in [1.82, 2.24) is 14.8 Å². The lowest BCUT2D eigenvalue weighted by molar-refractivity contribution is -0.146. The Balaban J connectivity index is 1.47. The Morgan fingerprint density at radius 3 is 2.57 bits per heavy atom. The van der Waals surface area contributed by atoms with E-state index in [2.05, 4.69) is 10.3 Å². The van der Waals surface area contributed by atoms with Gasteiger partial charge in [-0.05, 0) is 61.9 Å². The molecule has 1 fully saturated rings. The summed E-state index contributed by atoms with van der Waals surface area (Å²) in [5, 5.41) is 18.5. The number of carbonyl (C=O) groups excluding carboxylic acids is 1. The Morgan fingerprint density at radius 1 is 1.14 bits per heavy atom. The number of thioether (sulfide) groups is 1. The smallest absolute Gasteiger partial charge is 0.338 e. The van der Waals surface area contributed by atoms with Crippen molar-refractivity contribution in [3.05, 3.63) is 81.5 Å². The quantitative estimate of drug-likeness (QED) is 0.275. The van der Waals surface area contributed by atoms with Gasteiger partial charge in [0.05, 0.1) is 11.1 Å². The second kappa shape index (κ2) is 11.0. The molecule has 2 N–H and O–H groups in total. The van der Waals surface area contributed by atoms with Crippen LogP contribution >= 0.6 is 23.4 Å². The van der Waals surface area contributed by atoms with Crippen LogP contribution in [0.4, 0.5) is 5.95 Å². The number of nitrogens with one attached hydrogen (secondary N) is 1. The molecule has 10 heteroatoms. The molecule has 1 aromatic heterocycles. The van der Waals surface area contributed by atoms with Gasteiger partial charge in [-0.15, -0.1) is 5.10 Å². The third kappa shape index (κ3) is 5.52. The molecule has 1 aliphatic heterocycles. The Labute approximate surface area is 224 Å². The van der Waals surface area contributed by atoms with Gasteiger partial charge in [0.1, 0.15) is 12.1 Å². The summed E-state index contributed by atoms with van der Waals surface area (Å²) in [4.78, 5) is 29.6. The predicted molar refractivity (Wildman–Crippen MR) is 142 cm³/mol. The highest BCUT2D eigenvalue weighted by Gasteiger charge is 2.36. The molecular weight excluding hydrogens is 512 g/mol. The first-order valence-corrected chi connectivity index (χ1v) is 13.6. The second-order valence-electron chi connectivity index (χ2n) is 9.20. The molecule has 0 spiro atoms. The molecule has 1 saturated carbocycles. The SMILES string of the molecule is CC1=C(C(=O)OC2CCCCC2)C(c2ccc(C(=O)O)cc2)n2nc(SCc3ccccc3Cl)nc2N1. The number of aromatic nitrogens is 3. The summed E-state index contributed by atoms with van der Waals surface area (Å²) < 4.78 is 7.62. The summed E-state index contributed by atoms with van der Waals surface area (Å²) in [6.07, 6.45) is 4.88. The van der Waals surface area contributed by atoms with Gasteiger partial charge in [0.25, 0.3) is 0 Å². The van der Waals surface area contributed by atoms with Crippen LogP contribution in [0.5, 0.6) is 0 Å². The Hall–Kier alpha value is -3.30. The van der Waals surface area contributed by atoms with Crippen LogP contribution in [0.25, 0.3) is 0 Å². The molecule has 0 radical (unpaired) electrons. The number of carboxylic acids is 1. The molecule has 0 bridgehead atoms. The summed E-state index contributed by atoms with van der Waals surface area (Å²) in [5.74, 6) is -0.319. The molecule has 2 heterocycles. The Morgan fingerprint density at radius 2 is 1.86 bits per heavy atom. The highest BCUT2D eigenvalue weighted by molar-refractivity contribution is 7.98. The van der Waals surface area contributed by atoms with Crippen LogP contribution in [0.1, 0.15) is 66.6 Å². The van der Waals surface area contributed by atoms with Gasteiger partial charge in [-0.3, -0.25) is 0 Å². The topological polar surface area (TPSA) is 106 Å². The minimum absolute atomic E-state index is 0.101. The van der Waals surface area contributed by atoms with Crippen molar-refractivity contribution in [2.24, 2.45) is 0 Å². The normalized spacial score (nSPS) is 17.7. The van der Waals surface area contributed by atoms with Crippen LogP contribution in [-0.2, 0) is 15.3 Å². The van der Waals surface area contributed by atoms with E-state index in [9.17, 15) is 14.7 Å². The molecule has 0 amide bonds. The Bertz CT molecular complexity index is 1350. The zero-order chi connectivity index (χ0) is 25.9. The fourth-order valence-corrected chi connectivity index (χ4v) is 5.84. The number of aromatic carboxylic acids is 1.